The maximum atomic E-state index is 13.2. The van der Waals surface area contributed by atoms with Crippen LogP contribution in [0, 0.1) is 5.82 Å². The van der Waals surface area contributed by atoms with Crippen LogP contribution in [0.1, 0.15) is 18.0 Å². The number of hydrogen-bond donors (Lipinski definition) is 1. The summed E-state index contributed by atoms with van der Waals surface area (Å²) in [6.45, 7) is 1.88. The highest BCUT2D eigenvalue weighted by molar-refractivity contribution is 7.97. The van der Waals surface area contributed by atoms with E-state index in [9.17, 15) is 4.39 Å². The minimum atomic E-state index is -0.208. The molecule has 1 fully saturated rings. The van der Waals surface area contributed by atoms with E-state index < -0.39 is 0 Å². The molecule has 1 N–H and O–H groups in total. The Morgan fingerprint density at radius 2 is 2.06 bits per heavy atom. The molecule has 0 aliphatic carbocycles. The molecule has 1 aromatic carbocycles. The van der Waals surface area contributed by atoms with Crippen LogP contribution in [0.25, 0.3) is 16.9 Å². The molecular formula is C23H21FN8S2. The largest absolute Gasteiger partial charge is 0.328 e. The average Bonchev–Trinajstić information content (AvgIpc) is 3.62. The molecular weight excluding hydrogens is 471 g/mol. The number of fused-ring (bicyclic) bond motifs is 1. The predicted molar refractivity (Wildman–Crippen MR) is 132 cm³/mol. The SMILES string of the molecule is Cn1cc(-c2cnc3c(Nc4cc(C5CCN(Sc6ccc(F)cc6)C5)ns4)nccn23)cn1. The number of anilines is 2. The Bertz CT molecular complexity index is 1440. The Hall–Kier alpha value is -3.28. The van der Waals surface area contributed by atoms with Gasteiger partial charge in [-0.3, -0.25) is 9.08 Å². The Balaban J connectivity index is 1.16. The second kappa shape index (κ2) is 8.82. The number of benzene rings is 1. The molecule has 11 heteroatoms. The topological polar surface area (TPSA) is 76.2 Å². The fourth-order valence-electron chi connectivity index (χ4n) is 4.13. The molecule has 0 amide bonds. The summed E-state index contributed by atoms with van der Waals surface area (Å²) in [7, 11) is 1.90. The first-order valence-corrected chi connectivity index (χ1v) is 12.4. The van der Waals surface area contributed by atoms with E-state index in [4.69, 9.17) is 4.37 Å². The minimum Gasteiger partial charge on any atom is -0.328 e. The zero-order chi connectivity index (χ0) is 23.1. The molecule has 1 aliphatic heterocycles. The van der Waals surface area contributed by atoms with E-state index in [1.54, 1.807) is 22.8 Å². The lowest BCUT2D eigenvalue weighted by molar-refractivity contribution is 0.572. The molecule has 5 aromatic rings. The number of nitrogens with one attached hydrogen (secondary N) is 1. The van der Waals surface area contributed by atoms with Gasteiger partial charge < -0.3 is 5.32 Å². The van der Waals surface area contributed by atoms with E-state index >= 15 is 0 Å². The predicted octanol–water partition coefficient (Wildman–Crippen LogP) is 4.97. The first-order chi connectivity index (χ1) is 16.6. The van der Waals surface area contributed by atoms with Crippen LogP contribution in [0.3, 0.4) is 0 Å². The maximum Gasteiger partial charge on any atom is 0.180 e. The summed E-state index contributed by atoms with van der Waals surface area (Å²) < 4.78 is 24.0. The van der Waals surface area contributed by atoms with Gasteiger partial charge in [-0.2, -0.15) is 9.47 Å². The fraction of sp³-hybridized carbons (Fsp3) is 0.217. The van der Waals surface area contributed by atoms with E-state index in [0.717, 1.165) is 52.0 Å². The molecule has 1 saturated heterocycles. The van der Waals surface area contributed by atoms with E-state index in [1.165, 1.54) is 23.7 Å². The second-order valence-electron chi connectivity index (χ2n) is 8.18. The third kappa shape index (κ3) is 4.17. The molecule has 0 saturated carbocycles. The first-order valence-electron chi connectivity index (χ1n) is 10.9. The van der Waals surface area contributed by atoms with Gasteiger partial charge in [-0.05, 0) is 60.2 Å². The van der Waals surface area contributed by atoms with Crippen molar-refractivity contribution in [3.63, 3.8) is 0 Å². The summed E-state index contributed by atoms with van der Waals surface area (Å²) >= 11 is 3.11. The lowest BCUT2D eigenvalue weighted by Crippen LogP contribution is -2.11. The molecule has 1 unspecified atom stereocenters. The summed E-state index contributed by atoms with van der Waals surface area (Å²) in [5.41, 5.74) is 3.79. The molecule has 0 radical (unpaired) electrons. The van der Waals surface area contributed by atoms with Crippen molar-refractivity contribution < 1.29 is 4.39 Å². The normalized spacial score (nSPS) is 16.5. The highest BCUT2D eigenvalue weighted by Gasteiger charge is 2.27. The van der Waals surface area contributed by atoms with Crippen LogP contribution in [0.4, 0.5) is 15.2 Å². The van der Waals surface area contributed by atoms with Gasteiger partial charge in [0.15, 0.2) is 11.5 Å². The average molecular weight is 493 g/mol. The van der Waals surface area contributed by atoms with Crippen molar-refractivity contribution in [2.75, 3.05) is 18.4 Å². The zero-order valence-electron chi connectivity index (χ0n) is 18.3. The van der Waals surface area contributed by atoms with Crippen LogP contribution >= 0.6 is 23.5 Å². The molecule has 5 heterocycles. The van der Waals surface area contributed by atoms with Crippen molar-refractivity contribution in [1.29, 1.82) is 0 Å². The van der Waals surface area contributed by atoms with Crippen molar-refractivity contribution in [2.45, 2.75) is 17.2 Å². The van der Waals surface area contributed by atoms with Gasteiger partial charge in [0, 0.05) is 55.1 Å². The minimum absolute atomic E-state index is 0.208. The molecule has 172 valence electrons. The van der Waals surface area contributed by atoms with Gasteiger partial charge in [-0.15, -0.1) is 0 Å². The Kier molecular flexibility index (Phi) is 5.52. The Labute approximate surface area is 203 Å². The number of imidazole rings is 1. The van der Waals surface area contributed by atoms with Gasteiger partial charge in [0.25, 0.3) is 0 Å². The Morgan fingerprint density at radius 3 is 2.88 bits per heavy atom. The molecule has 8 nitrogen and oxygen atoms in total. The van der Waals surface area contributed by atoms with Crippen LogP contribution in [0.2, 0.25) is 0 Å². The quantitative estimate of drug-likeness (QED) is 0.336. The molecule has 0 spiro atoms. The number of rotatable bonds is 6. The van der Waals surface area contributed by atoms with Crippen molar-refractivity contribution in [1.82, 2.24) is 32.8 Å². The number of nitrogens with zero attached hydrogens (tertiary/aromatic N) is 7. The van der Waals surface area contributed by atoms with Crippen LogP contribution in [-0.4, -0.2) is 45.9 Å². The van der Waals surface area contributed by atoms with Gasteiger partial charge >= 0.3 is 0 Å². The van der Waals surface area contributed by atoms with E-state index in [0.29, 0.717) is 11.7 Å². The zero-order valence-corrected chi connectivity index (χ0v) is 19.9. The summed E-state index contributed by atoms with van der Waals surface area (Å²) in [5.74, 6) is 0.847. The molecule has 0 bridgehead atoms. The number of aromatic nitrogens is 6. The standard InChI is InChI=1S/C23H21FN8S2/c1-30-13-16(11-27-30)20-12-26-23-22(25-7-9-32(20)23)28-21-10-19(29-33-21)15-6-8-31(14-15)34-18-4-2-17(24)3-5-18/h2-5,7,9-13,15H,6,8,14H2,1H3,(H,25,28). The number of hydrogen-bond acceptors (Lipinski definition) is 8. The van der Waals surface area contributed by atoms with Crippen LogP contribution in [-0.2, 0) is 7.05 Å². The van der Waals surface area contributed by atoms with Crippen LogP contribution < -0.4 is 5.32 Å². The smallest absolute Gasteiger partial charge is 0.180 e. The first kappa shape index (κ1) is 21.3. The van der Waals surface area contributed by atoms with Gasteiger partial charge in [-0.1, -0.05) is 0 Å². The summed E-state index contributed by atoms with van der Waals surface area (Å²) in [6, 6.07) is 8.75. The van der Waals surface area contributed by atoms with Gasteiger partial charge in [-0.25, -0.2) is 18.7 Å². The fourth-order valence-corrected chi connectivity index (χ4v) is 5.86. The highest BCUT2D eigenvalue weighted by Crippen LogP contribution is 2.36. The number of aryl methyl sites for hydroxylation is 1. The lowest BCUT2D eigenvalue weighted by Gasteiger charge is -2.14. The third-order valence-electron chi connectivity index (χ3n) is 5.82. The van der Waals surface area contributed by atoms with Gasteiger partial charge in [0.2, 0.25) is 0 Å². The molecule has 1 aliphatic rings. The molecule has 34 heavy (non-hydrogen) atoms. The summed E-state index contributed by atoms with van der Waals surface area (Å²) in [6.07, 6.45) is 10.3. The van der Waals surface area contributed by atoms with E-state index in [-0.39, 0.29) is 5.82 Å². The number of halogens is 1. The highest BCUT2D eigenvalue weighted by atomic mass is 32.2. The van der Waals surface area contributed by atoms with Crippen LogP contribution in [0.15, 0.2) is 66.2 Å². The van der Waals surface area contributed by atoms with Crippen molar-refractivity contribution in [2.24, 2.45) is 7.05 Å². The third-order valence-corrected chi connectivity index (χ3v) is 7.61. The van der Waals surface area contributed by atoms with Crippen molar-refractivity contribution in [3.05, 3.63) is 72.8 Å². The lowest BCUT2D eigenvalue weighted by atomic mass is 10.1. The molecule has 1 atom stereocenters. The summed E-state index contributed by atoms with van der Waals surface area (Å²) in [5, 5.41) is 8.60. The van der Waals surface area contributed by atoms with Gasteiger partial charge in [0.1, 0.15) is 10.8 Å². The second-order valence-corrected chi connectivity index (χ2v) is 10.2. The molecule has 4 aromatic heterocycles. The van der Waals surface area contributed by atoms with Crippen molar-refractivity contribution in [3.8, 4) is 11.3 Å². The van der Waals surface area contributed by atoms with Gasteiger partial charge in [0.05, 0.1) is 23.8 Å². The van der Waals surface area contributed by atoms with Crippen molar-refractivity contribution >= 4 is 39.9 Å². The Morgan fingerprint density at radius 1 is 1.18 bits per heavy atom. The maximum absolute atomic E-state index is 13.2. The van der Waals surface area contributed by atoms with E-state index in [2.05, 4.69) is 30.8 Å². The summed E-state index contributed by atoms with van der Waals surface area (Å²) in [4.78, 5) is 10.2. The monoisotopic (exact) mass is 492 g/mol. The van der Waals surface area contributed by atoms with Crippen LogP contribution in [0.5, 0.6) is 0 Å². The van der Waals surface area contributed by atoms with E-state index in [1.807, 2.05) is 48.4 Å². The molecule has 6 rings (SSSR count).